The maximum absolute atomic E-state index is 11.7. The zero-order valence-electron chi connectivity index (χ0n) is 10.7. The van der Waals surface area contributed by atoms with Crippen LogP contribution in [0.2, 0.25) is 0 Å². The Labute approximate surface area is 107 Å². The number of urea groups is 1. The molecule has 0 heterocycles. The van der Waals surface area contributed by atoms with Crippen LogP contribution >= 0.6 is 11.8 Å². The molecule has 0 aromatic heterocycles. The fourth-order valence-corrected chi connectivity index (χ4v) is 1.71. The van der Waals surface area contributed by atoms with Crippen LogP contribution < -0.4 is 5.32 Å². The molecule has 0 aromatic rings. The molecule has 0 aliphatic carbocycles. The first-order valence-electron chi connectivity index (χ1n) is 5.76. The molecule has 2 N–H and O–H groups in total. The third kappa shape index (κ3) is 7.10. The quantitative estimate of drug-likeness (QED) is 0.697. The highest BCUT2D eigenvalue weighted by Crippen LogP contribution is 2.02. The number of nitrogens with zero attached hydrogens (tertiary/aromatic N) is 1. The molecule has 0 rings (SSSR count). The Balaban J connectivity index is 4.15. The Bertz CT molecular complexity index is 249. The number of hydrogen-bond donors (Lipinski definition) is 2. The van der Waals surface area contributed by atoms with Gasteiger partial charge in [0.2, 0.25) is 0 Å². The van der Waals surface area contributed by atoms with E-state index in [1.807, 2.05) is 13.2 Å². The van der Waals surface area contributed by atoms with Gasteiger partial charge in [0.05, 0.1) is 0 Å². The monoisotopic (exact) mass is 262 g/mol. The van der Waals surface area contributed by atoms with Gasteiger partial charge in [-0.2, -0.15) is 11.8 Å². The van der Waals surface area contributed by atoms with Crippen LogP contribution in [-0.4, -0.2) is 53.6 Å². The Morgan fingerprint density at radius 2 is 2.12 bits per heavy atom. The largest absolute Gasteiger partial charge is 0.480 e. The summed E-state index contributed by atoms with van der Waals surface area (Å²) in [6.07, 6.45) is 4.16. The number of carbonyl (C=O) groups excluding carboxylic acids is 1. The summed E-state index contributed by atoms with van der Waals surface area (Å²) in [4.78, 5) is 24.1. The summed E-state index contributed by atoms with van der Waals surface area (Å²) in [7, 11) is 1.67. The van der Waals surface area contributed by atoms with Crippen molar-refractivity contribution in [1.82, 2.24) is 10.2 Å². The van der Waals surface area contributed by atoms with E-state index in [4.69, 9.17) is 5.11 Å². The van der Waals surface area contributed by atoms with Crippen molar-refractivity contribution in [3.05, 3.63) is 0 Å². The molecule has 100 valence electrons. The van der Waals surface area contributed by atoms with Crippen LogP contribution in [0.3, 0.4) is 0 Å². The second-order valence-corrected chi connectivity index (χ2v) is 4.88. The Morgan fingerprint density at radius 1 is 1.47 bits per heavy atom. The van der Waals surface area contributed by atoms with Crippen LogP contribution in [0.5, 0.6) is 0 Å². The van der Waals surface area contributed by atoms with Crippen molar-refractivity contribution >= 4 is 23.8 Å². The first-order valence-corrected chi connectivity index (χ1v) is 7.15. The number of rotatable bonds is 8. The molecular formula is C11H22N2O3S. The topological polar surface area (TPSA) is 69.6 Å². The number of carbonyl (C=O) groups is 2. The van der Waals surface area contributed by atoms with Crippen LogP contribution in [-0.2, 0) is 4.79 Å². The second kappa shape index (κ2) is 9.15. The van der Waals surface area contributed by atoms with Gasteiger partial charge in [0.25, 0.3) is 0 Å². The summed E-state index contributed by atoms with van der Waals surface area (Å²) in [5.41, 5.74) is 0. The van der Waals surface area contributed by atoms with Crippen molar-refractivity contribution in [2.24, 2.45) is 0 Å². The van der Waals surface area contributed by atoms with Crippen LogP contribution in [0.25, 0.3) is 0 Å². The predicted molar refractivity (Wildman–Crippen MR) is 70.5 cm³/mol. The zero-order valence-corrected chi connectivity index (χ0v) is 11.5. The molecule has 2 amide bonds. The maximum atomic E-state index is 11.7. The molecule has 0 saturated carbocycles. The average Bonchev–Trinajstić information content (AvgIpc) is 2.30. The molecule has 0 saturated heterocycles. The molecule has 17 heavy (non-hydrogen) atoms. The number of carboxylic acids is 1. The van der Waals surface area contributed by atoms with Gasteiger partial charge in [-0.05, 0) is 12.7 Å². The van der Waals surface area contributed by atoms with Crippen molar-refractivity contribution in [3.63, 3.8) is 0 Å². The van der Waals surface area contributed by atoms with E-state index in [0.29, 0.717) is 13.0 Å². The number of amides is 2. The highest BCUT2D eigenvalue weighted by Gasteiger charge is 2.20. The van der Waals surface area contributed by atoms with Gasteiger partial charge in [-0.25, -0.2) is 9.59 Å². The molecule has 1 atom stereocenters. The van der Waals surface area contributed by atoms with Crippen LogP contribution in [0.4, 0.5) is 4.79 Å². The molecule has 1 unspecified atom stereocenters. The van der Waals surface area contributed by atoms with Gasteiger partial charge in [0.15, 0.2) is 0 Å². The van der Waals surface area contributed by atoms with Crippen molar-refractivity contribution < 1.29 is 14.7 Å². The van der Waals surface area contributed by atoms with Crippen molar-refractivity contribution in [2.75, 3.05) is 25.6 Å². The fraction of sp³-hybridized carbons (Fsp3) is 0.818. The number of nitrogens with one attached hydrogen (secondary N) is 1. The summed E-state index contributed by atoms with van der Waals surface area (Å²) in [5, 5.41) is 11.5. The Hall–Kier alpha value is -0.910. The van der Waals surface area contributed by atoms with Gasteiger partial charge in [0, 0.05) is 19.3 Å². The van der Waals surface area contributed by atoms with E-state index in [1.54, 1.807) is 18.8 Å². The number of hydrogen-bond acceptors (Lipinski definition) is 3. The standard InChI is InChI=1S/C11H22N2O3S/c1-4-5-6-9(10(14)15)12-11(16)13(2)7-8-17-3/h9H,4-8H2,1-3H3,(H,12,16)(H,14,15). The summed E-state index contributed by atoms with van der Waals surface area (Å²) in [5.74, 6) is -0.124. The van der Waals surface area contributed by atoms with Crippen LogP contribution in [0, 0.1) is 0 Å². The van der Waals surface area contributed by atoms with E-state index in [9.17, 15) is 9.59 Å². The lowest BCUT2D eigenvalue weighted by atomic mass is 10.1. The van der Waals surface area contributed by atoms with Crippen molar-refractivity contribution in [1.29, 1.82) is 0 Å². The molecule has 0 fully saturated rings. The van der Waals surface area contributed by atoms with Gasteiger partial charge >= 0.3 is 12.0 Å². The highest BCUT2D eigenvalue weighted by molar-refractivity contribution is 7.98. The Morgan fingerprint density at radius 3 is 2.59 bits per heavy atom. The van der Waals surface area contributed by atoms with Gasteiger partial charge in [-0.15, -0.1) is 0 Å². The molecule has 0 aliphatic heterocycles. The minimum absolute atomic E-state index is 0.317. The van der Waals surface area contributed by atoms with Gasteiger partial charge in [-0.1, -0.05) is 19.8 Å². The third-order valence-electron chi connectivity index (χ3n) is 2.42. The maximum Gasteiger partial charge on any atom is 0.326 e. The number of aliphatic carboxylic acids is 1. The minimum atomic E-state index is -0.968. The molecule has 5 nitrogen and oxygen atoms in total. The van der Waals surface area contributed by atoms with E-state index in [1.165, 1.54) is 4.90 Å². The van der Waals surface area contributed by atoms with Crippen LogP contribution in [0.15, 0.2) is 0 Å². The smallest absolute Gasteiger partial charge is 0.326 e. The van der Waals surface area contributed by atoms with Crippen molar-refractivity contribution in [3.8, 4) is 0 Å². The van der Waals surface area contributed by atoms with Crippen molar-refractivity contribution in [2.45, 2.75) is 32.2 Å². The SMILES string of the molecule is CCCCC(NC(=O)N(C)CCSC)C(=O)O. The van der Waals surface area contributed by atoms with Gasteiger partial charge in [-0.3, -0.25) is 0 Å². The van der Waals surface area contributed by atoms with Crippen LogP contribution in [0.1, 0.15) is 26.2 Å². The summed E-state index contributed by atoms with van der Waals surface area (Å²) in [6, 6.07) is -1.10. The predicted octanol–water partition coefficient (Wildman–Crippen LogP) is 1.63. The molecule has 0 spiro atoms. The molecule has 6 heteroatoms. The number of carboxylic acid groups (broad SMARTS) is 1. The average molecular weight is 262 g/mol. The molecular weight excluding hydrogens is 240 g/mol. The fourth-order valence-electron chi connectivity index (χ4n) is 1.25. The van der Waals surface area contributed by atoms with Gasteiger partial charge in [0.1, 0.15) is 6.04 Å². The van der Waals surface area contributed by atoms with E-state index < -0.39 is 12.0 Å². The van der Waals surface area contributed by atoms with E-state index in [0.717, 1.165) is 18.6 Å². The normalized spacial score (nSPS) is 11.9. The first kappa shape index (κ1) is 16.1. The minimum Gasteiger partial charge on any atom is -0.480 e. The van der Waals surface area contributed by atoms with E-state index in [-0.39, 0.29) is 6.03 Å². The summed E-state index contributed by atoms with van der Waals surface area (Å²) < 4.78 is 0. The first-order chi connectivity index (χ1) is 8.02. The third-order valence-corrected chi connectivity index (χ3v) is 3.01. The van der Waals surface area contributed by atoms with E-state index >= 15 is 0 Å². The molecule has 0 aliphatic rings. The number of unbranched alkanes of at least 4 members (excludes halogenated alkanes) is 1. The summed E-state index contributed by atoms with van der Waals surface area (Å²) in [6.45, 7) is 2.61. The zero-order chi connectivity index (χ0) is 13.3. The molecule has 0 aromatic carbocycles. The van der Waals surface area contributed by atoms with E-state index in [2.05, 4.69) is 5.32 Å². The highest BCUT2D eigenvalue weighted by atomic mass is 32.2. The lowest BCUT2D eigenvalue weighted by Gasteiger charge is -2.21. The molecule has 0 bridgehead atoms. The second-order valence-electron chi connectivity index (χ2n) is 3.90. The van der Waals surface area contributed by atoms with Gasteiger partial charge < -0.3 is 15.3 Å². The lowest BCUT2D eigenvalue weighted by Crippen LogP contribution is -2.47. The Kier molecular flexibility index (Phi) is 8.66. The lowest BCUT2D eigenvalue weighted by molar-refractivity contribution is -0.139. The summed E-state index contributed by atoms with van der Waals surface area (Å²) >= 11 is 1.65. The number of thioether (sulfide) groups is 1. The molecule has 0 radical (unpaired) electrons.